The number of hydrogen-bond acceptors (Lipinski definition) is 5. The number of benzene rings is 3. The maximum Gasteiger partial charge on any atom is 0.303 e. The zero-order valence-corrected chi connectivity index (χ0v) is 24.5. The van der Waals surface area contributed by atoms with E-state index in [2.05, 4.69) is 89.1 Å². The molecule has 0 spiro atoms. The Balaban J connectivity index is 1.38. The van der Waals surface area contributed by atoms with Crippen LogP contribution >= 0.6 is 0 Å². The molecule has 0 bridgehead atoms. The van der Waals surface area contributed by atoms with Gasteiger partial charge in [0.1, 0.15) is 24.4 Å². The Hall–Kier alpha value is -4.33. The number of carbonyl (C=O) groups is 2. The smallest absolute Gasteiger partial charge is 0.303 e. The highest BCUT2D eigenvalue weighted by Crippen LogP contribution is 2.41. The Morgan fingerprint density at radius 2 is 1.62 bits per heavy atom. The van der Waals surface area contributed by atoms with Gasteiger partial charge in [0.15, 0.2) is 0 Å². The second-order valence-corrected chi connectivity index (χ2v) is 11.6. The summed E-state index contributed by atoms with van der Waals surface area (Å²) in [6.45, 7) is 4.69. The van der Waals surface area contributed by atoms with E-state index in [0.717, 1.165) is 52.3 Å². The maximum absolute atomic E-state index is 12.4. The molecule has 218 valence electrons. The van der Waals surface area contributed by atoms with Gasteiger partial charge in [-0.05, 0) is 42.3 Å². The minimum absolute atomic E-state index is 0.0506. The van der Waals surface area contributed by atoms with Crippen LogP contribution in [0.15, 0.2) is 65.1 Å². The van der Waals surface area contributed by atoms with Crippen molar-refractivity contribution >= 4 is 34.2 Å². The van der Waals surface area contributed by atoms with Crippen LogP contribution in [0.3, 0.4) is 0 Å². The monoisotopic (exact) mass is 567 g/mol. The fraction of sp³-hybridized carbons (Fsp3) is 0.382. The van der Waals surface area contributed by atoms with Crippen molar-refractivity contribution in [1.29, 1.82) is 0 Å². The van der Waals surface area contributed by atoms with Gasteiger partial charge >= 0.3 is 5.97 Å². The molecule has 1 N–H and O–H groups in total. The molecule has 0 aromatic heterocycles. The van der Waals surface area contributed by atoms with Crippen molar-refractivity contribution < 1.29 is 19.1 Å². The quantitative estimate of drug-likeness (QED) is 0.268. The maximum atomic E-state index is 12.4. The molecule has 42 heavy (non-hydrogen) atoms. The van der Waals surface area contributed by atoms with Gasteiger partial charge in [0, 0.05) is 99.6 Å². The highest BCUT2D eigenvalue weighted by atomic mass is 16.4. The van der Waals surface area contributed by atoms with E-state index in [9.17, 15) is 9.59 Å². The summed E-state index contributed by atoms with van der Waals surface area (Å²) in [6, 6.07) is 21.8. The molecule has 8 nitrogen and oxygen atoms in total. The largest absolute Gasteiger partial charge is 0.481 e. The second-order valence-electron chi connectivity index (χ2n) is 11.6. The Bertz CT molecular complexity index is 1640. The summed E-state index contributed by atoms with van der Waals surface area (Å²) >= 11 is 0. The first-order valence-corrected chi connectivity index (χ1v) is 15.0. The molecule has 1 aliphatic carbocycles. The van der Waals surface area contributed by atoms with E-state index in [1.807, 2.05) is 0 Å². The lowest BCUT2D eigenvalue weighted by atomic mass is 9.93. The third-order valence-corrected chi connectivity index (χ3v) is 8.63. The van der Waals surface area contributed by atoms with Crippen molar-refractivity contribution in [3.8, 4) is 22.5 Å². The number of carboxylic acids is 1. The Morgan fingerprint density at radius 1 is 0.881 bits per heavy atom. The van der Waals surface area contributed by atoms with E-state index in [-0.39, 0.29) is 18.7 Å². The predicted octanol–water partition coefficient (Wildman–Crippen LogP) is 4.74. The van der Waals surface area contributed by atoms with Crippen molar-refractivity contribution in [1.82, 2.24) is 9.48 Å². The van der Waals surface area contributed by atoms with Gasteiger partial charge in [-0.25, -0.2) is 4.58 Å². The number of rotatable bonds is 6. The summed E-state index contributed by atoms with van der Waals surface area (Å²) in [7, 11) is 4.10. The van der Waals surface area contributed by atoms with Gasteiger partial charge in [0.2, 0.25) is 11.3 Å². The molecule has 0 atom stereocenters. The van der Waals surface area contributed by atoms with Gasteiger partial charge in [-0.15, -0.1) is 0 Å². The zero-order chi connectivity index (χ0) is 29.2. The topological polar surface area (TPSA) is 80.2 Å². The molecular weight excluding hydrogens is 528 g/mol. The van der Waals surface area contributed by atoms with Gasteiger partial charge in [-0.2, -0.15) is 0 Å². The van der Waals surface area contributed by atoms with E-state index in [4.69, 9.17) is 9.52 Å². The summed E-state index contributed by atoms with van der Waals surface area (Å²) in [5.41, 5.74) is 6.47. The molecule has 2 fully saturated rings. The number of anilines is 2. The van der Waals surface area contributed by atoms with E-state index >= 15 is 0 Å². The number of piperazine rings is 1. The highest BCUT2D eigenvalue weighted by molar-refractivity contribution is 6.02. The molecule has 0 radical (unpaired) electrons. The van der Waals surface area contributed by atoms with Gasteiger partial charge in [-0.3, -0.25) is 9.59 Å². The van der Waals surface area contributed by atoms with Crippen LogP contribution in [0, 0.1) is 0 Å². The lowest BCUT2D eigenvalue weighted by molar-refractivity contribution is -0.141. The third-order valence-electron chi connectivity index (χ3n) is 8.63. The third kappa shape index (κ3) is 5.71. The average molecular weight is 568 g/mol. The standard InChI is InChI=1S/C34H38N4O4/c1-35(2)25-8-6-24(7-9-25)34-28-12-10-26(36-16-4-3-5-17-36)22-30(28)42-31-23-27(11-13-29(31)34)37-18-20-38(21-19-37)32(39)14-15-33(40)41/h6-13,22-23H,3-5,14-21H2,1-2H3/p+1. The van der Waals surface area contributed by atoms with Crippen LogP contribution in [0.25, 0.3) is 33.4 Å². The van der Waals surface area contributed by atoms with Crippen molar-refractivity contribution in [3.05, 3.63) is 66.0 Å². The lowest BCUT2D eigenvalue weighted by Crippen LogP contribution is -2.48. The second kappa shape index (κ2) is 11.9. The van der Waals surface area contributed by atoms with Crippen LogP contribution in [0.5, 0.6) is 0 Å². The number of carbonyl (C=O) groups excluding carboxylic acids is 1. The number of hydrogen-bond donors (Lipinski definition) is 1. The van der Waals surface area contributed by atoms with Crippen LogP contribution in [-0.2, 0) is 9.59 Å². The Morgan fingerprint density at radius 3 is 2.31 bits per heavy atom. The normalized spacial score (nSPS) is 15.8. The molecule has 0 unspecified atom stereocenters. The Kier molecular flexibility index (Phi) is 7.87. The van der Waals surface area contributed by atoms with Crippen molar-refractivity contribution in [2.75, 3.05) is 63.2 Å². The average Bonchev–Trinajstić information content (AvgIpc) is 3.02. The van der Waals surface area contributed by atoms with Crippen molar-refractivity contribution in [2.45, 2.75) is 32.1 Å². The van der Waals surface area contributed by atoms with E-state index in [1.165, 1.54) is 30.2 Å². The number of piperidine rings is 1. The van der Waals surface area contributed by atoms with Crippen molar-refractivity contribution in [3.63, 3.8) is 0 Å². The van der Waals surface area contributed by atoms with E-state index in [1.54, 1.807) is 4.90 Å². The molecule has 3 heterocycles. The summed E-state index contributed by atoms with van der Waals surface area (Å²) in [5, 5.41) is 11.2. The molecule has 0 saturated carbocycles. The SMILES string of the molecule is CN(C)c1ccc(-c2c3ccc(=[N+]4CCCCC4)cc-3oc3cc(N4CCN(C(=O)CCC(=O)O)CC4)ccc23)cc1. The van der Waals surface area contributed by atoms with Crippen LogP contribution in [0.1, 0.15) is 32.1 Å². The minimum Gasteiger partial charge on any atom is -0.481 e. The first-order valence-electron chi connectivity index (χ1n) is 15.0. The minimum atomic E-state index is -0.939. The van der Waals surface area contributed by atoms with Crippen LogP contribution in [0.2, 0.25) is 0 Å². The molecule has 1 amide bonds. The number of amides is 1. The number of nitrogens with zero attached hydrogens (tertiary/aromatic N) is 4. The molecular formula is C34H39N4O4+. The molecule has 2 aromatic rings. The first-order chi connectivity index (χ1) is 20.4. The van der Waals surface area contributed by atoms with Crippen molar-refractivity contribution in [2.24, 2.45) is 0 Å². The van der Waals surface area contributed by atoms with E-state index < -0.39 is 5.97 Å². The number of fused-ring (bicyclic) bond motifs is 2. The van der Waals surface area contributed by atoms with Crippen LogP contribution < -0.4 is 19.7 Å². The van der Waals surface area contributed by atoms with E-state index in [0.29, 0.717) is 26.2 Å². The number of aliphatic carboxylic acids is 1. The fourth-order valence-electron chi connectivity index (χ4n) is 6.24. The highest BCUT2D eigenvalue weighted by Gasteiger charge is 2.24. The molecule has 2 saturated heterocycles. The van der Waals surface area contributed by atoms with Gasteiger partial charge < -0.3 is 24.2 Å². The Labute approximate surface area is 246 Å². The summed E-state index contributed by atoms with van der Waals surface area (Å²) in [5.74, 6) is -0.153. The van der Waals surface area contributed by atoms with Gasteiger partial charge in [0.25, 0.3) is 0 Å². The predicted molar refractivity (Wildman–Crippen MR) is 167 cm³/mol. The van der Waals surface area contributed by atoms with Gasteiger partial charge in [-0.1, -0.05) is 12.1 Å². The summed E-state index contributed by atoms with van der Waals surface area (Å²) in [6.07, 6.45) is 3.66. The molecule has 8 heteroatoms. The number of carboxylic acid groups (broad SMARTS) is 1. The summed E-state index contributed by atoms with van der Waals surface area (Å²) in [4.78, 5) is 29.5. The fourth-order valence-corrected chi connectivity index (χ4v) is 6.24. The molecule has 3 aliphatic heterocycles. The zero-order valence-electron chi connectivity index (χ0n) is 24.5. The van der Waals surface area contributed by atoms with Crippen LogP contribution in [-0.4, -0.2) is 75.2 Å². The first kappa shape index (κ1) is 27.8. The van der Waals surface area contributed by atoms with Gasteiger partial charge in [0.05, 0.1) is 12.5 Å². The lowest BCUT2D eigenvalue weighted by Gasteiger charge is -2.36. The van der Waals surface area contributed by atoms with Crippen LogP contribution in [0.4, 0.5) is 11.4 Å². The molecule has 4 aliphatic rings. The molecule has 6 rings (SSSR count). The molecule has 2 aromatic carbocycles. The summed E-state index contributed by atoms with van der Waals surface area (Å²) < 4.78 is 9.13.